The molecule has 2 aromatic heterocycles. The van der Waals surface area contributed by atoms with E-state index >= 15 is 0 Å². The molecular formula is C9H10ClN5O. The Hall–Kier alpha value is -1.66. The lowest BCUT2D eigenvalue weighted by Gasteiger charge is -1.99. The summed E-state index contributed by atoms with van der Waals surface area (Å²) in [4.78, 5) is 12.0. The van der Waals surface area contributed by atoms with E-state index in [1.54, 1.807) is 23.0 Å². The molecule has 0 saturated heterocycles. The zero-order valence-corrected chi connectivity index (χ0v) is 9.09. The lowest BCUT2D eigenvalue weighted by molar-refractivity contribution is 0.342. The van der Waals surface area contributed by atoms with Crippen LogP contribution in [0.1, 0.15) is 0 Å². The first-order valence-corrected chi connectivity index (χ1v) is 5.00. The molecule has 6 nitrogen and oxygen atoms in total. The van der Waals surface area contributed by atoms with Crippen molar-refractivity contribution in [1.82, 2.24) is 19.5 Å². The summed E-state index contributed by atoms with van der Waals surface area (Å²) in [6, 6.07) is 0. The Morgan fingerprint density at radius 3 is 3.00 bits per heavy atom. The number of aliphatic hydroxyl groups excluding tert-OH is 1. The molecule has 0 aromatic carbocycles. The fraction of sp³-hybridized carbons (Fsp3) is 0.222. The van der Waals surface area contributed by atoms with Crippen LogP contribution < -0.4 is 5.73 Å². The Bertz CT molecular complexity index is 536. The van der Waals surface area contributed by atoms with Crippen molar-refractivity contribution in [2.75, 3.05) is 12.3 Å². The van der Waals surface area contributed by atoms with Gasteiger partial charge in [-0.05, 0) is 0 Å². The van der Waals surface area contributed by atoms with Gasteiger partial charge in [-0.15, -0.1) is 0 Å². The first kappa shape index (κ1) is 10.8. The van der Waals surface area contributed by atoms with Gasteiger partial charge in [0.15, 0.2) is 10.8 Å². The molecule has 0 spiro atoms. The monoisotopic (exact) mass is 239 g/mol. The average molecular weight is 240 g/mol. The Labute approximate surface area is 96.4 Å². The van der Waals surface area contributed by atoms with Crippen LogP contribution in [0, 0.1) is 0 Å². The van der Waals surface area contributed by atoms with Crippen molar-refractivity contribution < 1.29 is 5.11 Å². The van der Waals surface area contributed by atoms with Crippen molar-refractivity contribution in [3.05, 3.63) is 23.6 Å². The quantitative estimate of drug-likeness (QED) is 0.605. The lowest BCUT2D eigenvalue weighted by atomic mass is 10.5. The average Bonchev–Trinajstić information content (AvgIpc) is 2.62. The summed E-state index contributed by atoms with van der Waals surface area (Å²) in [5.41, 5.74) is 6.61. The SMILES string of the molecule is Nc1nc(Cl)c2ncn(C/C=C/CO)c2n1. The van der Waals surface area contributed by atoms with E-state index < -0.39 is 0 Å². The van der Waals surface area contributed by atoms with Gasteiger partial charge >= 0.3 is 0 Å². The summed E-state index contributed by atoms with van der Waals surface area (Å²) in [5.74, 6) is 0.116. The number of nitrogens with two attached hydrogens (primary N) is 1. The smallest absolute Gasteiger partial charge is 0.223 e. The second-order valence-electron chi connectivity index (χ2n) is 3.10. The number of aromatic nitrogens is 4. The Balaban J connectivity index is 2.43. The molecule has 0 radical (unpaired) electrons. The molecule has 84 valence electrons. The molecule has 3 N–H and O–H groups in total. The van der Waals surface area contributed by atoms with E-state index in [1.165, 1.54) is 0 Å². The van der Waals surface area contributed by atoms with E-state index in [1.807, 2.05) is 0 Å². The number of aliphatic hydroxyl groups is 1. The maximum absolute atomic E-state index is 8.62. The number of anilines is 1. The number of rotatable bonds is 3. The lowest BCUT2D eigenvalue weighted by Crippen LogP contribution is -2.00. The van der Waals surface area contributed by atoms with Gasteiger partial charge in [-0.1, -0.05) is 23.8 Å². The fourth-order valence-electron chi connectivity index (χ4n) is 1.32. The second kappa shape index (κ2) is 4.46. The minimum absolute atomic E-state index is 0.00447. The molecule has 16 heavy (non-hydrogen) atoms. The molecule has 0 aliphatic rings. The topological polar surface area (TPSA) is 89.8 Å². The Morgan fingerprint density at radius 2 is 2.25 bits per heavy atom. The van der Waals surface area contributed by atoms with Crippen LogP contribution in [-0.4, -0.2) is 31.2 Å². The van der Waals surface area contributed by atoms with Crippen molar-refractivity contribution in [2.45, 2.75) is 6.54 Å². The van der Waals surface area contributed by atoms with Crippen LogP contribution in [-0.2, 0) is 6.54 Å². The summed E-state index contributed by atoms with van der Waals surface area (Å²) in [7, 11) is 0. The first-order chi connectivity index (χ1) is 7.72. The molecule has 0 saturated carbocycles. The van der Waals surface area contributed by atoms with Crippen molar-refractivity contribution in [1.29, 1.82) is 0 Å². The summed E-state index contributed by atoms with van der Waals surface area (Å²) < 4.78 is 1.77. The highest BCUT2D eigenvalue weighted by Crippen LogP contribution is 2.19. The van der Waals surface area contributed by atoms with Gasteiger partial charge in [0.25, 0.3) is 0 Å². The van der Waals surface area contributed by atoms with E-state index in [0.29, 0.717) is 17.7 Å². The van der Waals surface area contributed by atoms with Crippen LogP contribution in [0.3, 0.4) is 0 Å². The third-order valence-corrected chi connectivity index (χ3v) is 2.28. The number of hydrogen-bond donors (Lipinski definition) is 2. The predicted molar refractivity (Wildman–Crippen MR) is 61.0 cm³/mol. The Kier molecular flexibility index (Phi) is 3.02. The van der Waals surface area contributed by atoms with Gasteiger partial charge in [0.2, 0.25) is 5.95 Å². The molecule has 0 bridgehead atoms. The highest BCUT2D eigenvalue weighted by molar-refractivity contribution is 6.33. The summed E-state index contributed by atoms with van der Waals surface area (Å²) >= 11 is 5.87. The molecule has 2 heterocycles. The number of halogens is 1. The highest BCUT2D eigenvalue weighted by Gasteiger charge is 2.09. The number of nitrogen functional groups attached to an aromatic ring is 1. The van der Waals surface area contributed by atoms with Crippen LogP contribution in [0.2, 0.25) is 5.15 Å². The minimum Gasteiger partial charge on any atom is -0.392 e. The molecule has 2 aromatic rings. The zero-order valence-electron chi connectivity index (χ0n) is 8.34. The van der Waals surface area contributed by atoms with Crippen LogP contribution in [0.4, 0.5) is 5.95 Å². The molecule has 0 aliphatic heterocycles. The maximum atomic E-state index is 8.62. The number of allylic oxidation sites excluding steroid dienone is 1. The largest absolute Gasteiger partial charge is 0.392 e. The predicted octanol–water partition coefficient (Wildman–Crippen LogP) is 0.610. The van der Waals surface area contributed by atoms with Crippen LogP contribution >= 0.6 is 11.6 Å². The van der Waals surface area contributed by atoms with Crippen LogP contribution in [0.5, 0.6) is 0 Å². The third-order valence-electron chi connectivity index (χ3n) is 2.01. The zero-order chi connectivity index (χ0) is 11.5. The third kappa shape index (κ3) is 1.98. The van der Waals surface area contributed by atoms with Crippen molar-refractivity contribution >= 4 is 28.7 Å². The van der Waals surface area contributed by atoms with E-state index in [4.69, 9.17) is 22.4 Å². The minimum atomic E-state index is 0.00447. The van der Waals surface area contributed by atoms with Gasteiger partial charge in [-0.25, -0.2) is 4.98 Å². The summed E-state index contributed by atoms with van der Waals surface area (Å²) in [6.45, 7) is 0.550. The fourth-order valence-corrected chi connectivity index (χ4v) is 1.54. The molecule has 0 amide bonds. The molecule has 2 rings (SSSR count). The van der Waals surface area contributed by atoms with Gasteiger partial charge < -0.3 is 15.4 Å². The van der Waals surface area contributed by atoms with Gasteiger partial charge in [0, 0.05) is 6.54 Å². The van der Waals surface area contributed by atoms with Crippen LogP contribution in [0.25, 0.3) is 11.2 Å². The van der Waals surface area contributed by atoms with E-state index in [0.717, 1.165) is 0 Å². The molecule has 7 heteroatoms. The summed E-state index contributed by atoms with van der Waals surface area (Å²) in [5, 5.41) is 8.86. The highest BCUT2D eigenvalue weighted by atomic mass is 35.5. The van der Waals surface area contributed by atoms with Gasteiger partial charge in [0.1, 0.15) is 5.52 Å². The molecular weight excluding hydrogens is 230 g/mol. The molecule has 0 aliphatic carbocycles. The Morgan fingerprint density at radius 1 is 1.44 bits per heavy atom. The number of nitrogens with zero attached hydrogens (tertiary/aromatic N) is 4. The van der Waals surface area contributed by atoms with E-state index in [-0.39, 0.29) is 17.7 Å². The van der Waals surface area contributed by atoms with E-state index in [9.17, 15) is 0 Å². The molecule has 0 fully saturated rings. The summed E-state index contributed by atoms with van der Waals surface area (Å²) in [6.07, 6.45) is 5.04. The standard InChI is InChI=1S/C9H10ClN5O/c10-7-6-8(14-9(11)13-7)15(5-12-6)3-1-2-4-16/h1-2,5,16H,3-4H2,(H2,11,13,14)/b2-1+. The molecule has 0 unspecified atom stereocenters. The normalized spacial score (nSPS) is 11.6. The van der Waals surface area contributed by atoms with Gasteiger partial charge in [0.05, 0.1) is 12.9 Å². The van der Waals surface area contributed by atoms with Crippen molar-refractivity contribution in [2.24, 2.45) is 0 Å². The van der Waals surface area contributed by atoms with Gasteiger partial charge in [-0.3, -0.25) is 0 Å². The van der Waals surface area contributed by atoms with Gasteiger partial charge in [-0.2, -0.15) is 9.97 Å². The number of imidazole rings is 1. The molecule has 0 atom stereocenters. The number of hydrogen-bond acceptors (Lipinski definition) is 5. The first-order valence-electron chi connectivity index (χ1n) is 4.62. The van der Waals surface area contributed by atoms with Crippen LogP contribution in [0.15, 0.2) is 18.5 Å². The van der Waals surface area contributed by atoms with E-state index in [2.05, 4.69) is 15.0 Å². The number of fused-ring (bicyclic) bond motifs is 1. The van der Waals surface area contributed by atoms with Crippen molar-refractivity contribution in [3.8, 4) is 0 Å². The van der Waals surface area contributed by atoms with Crippen molar-refractivity contribution in [3.63, 3.8) is 0 Å². The maximum Gasteiger partial charge on any atom is 0.223 e. The second-order valence-corrected chi connectivity index (χ2v) is 3.45.